The van der Waals surface area contributed by atoms with E-state index in [0.717, 1.165) is 12.1 Å². The Morgan fingerprint density at radius 1 is 1.41 bits per heavy atom. The van der Waals surface area contributed by atoms with Gasteiger partial charge in [-0.15, -0.1) is 0 Å². The first kappa shape index (κ1) is 15.1. The second-order valence-corrected chi connectivity index (χ2v) is 6.08. The Labute approximate surface area is 136 Å². The van der Waals surface area contributed by atoms with Gasteiger partial charge in [0.25, 0.3) is 5.91 Å². The van der Waals surface area contributed by atoms with E-state index in [2.05, 4.69) is 26.2 Å². The summed E-state index contributed by atoms with van der Waals surface area (Å²) in [5, 5.41) is 3.29. The third kappa shape index (κ3) is 3.18. The van der Waals surface area contributed by atoms with Crippen LogP contribution in [0.1, 0.15) is 22.0 Å². The van der Waals surface area contributed by atoms with Crippen LogP contribution in [0.5, 0.6) is 0 Å². The van der Waals surface area contributed by atoms with Gasteiger partial charge in [0, 0.05) is 42.1 Å². The quantitative estimate of drug-likeness (QED) is 0.892. The van der Waals surface area contributed by atoms with Gasteiger partial charge in [-0.3, -0.25) is 9.78 Å². The fourth-order valence-corrected chi connectivity index (χ4v) is 3.13. The molecule has 2 heterocycles. The SMILES string of the molecule is O=C(c1cc(F)cc(Br)c1)N1CCNCC1c1cccnc1. The van der Waals surface area contributed by atoms with Gasteiger partial charge in [0.05, 0.1) is 6.04 Å². The van der Waals surface area contributed by atoms with Gasteiger partial charge in [0.15, 0.2) is 0 Å². The molecule has 1 aromatic heterocycles. The van der Waals surface area contributed by atoms with E-state index >= 15 is 0 Å². The van der Waals surface area contributed by atoms with E-state index in [4.69, 9.17) is 0 Å². The molecule has 0 spiro atoms. The highest BCUT2D eigenvalue weighted by molar-refractivity contribution is 9.10. The van der Waals surface area contributed by atoms with E-state index in [1.54, 1.807) is 23.4 Å². The zero-order valence-electron chi connectivity index (χ0n) is 11.8. The van der Waals surface area contributed by atoms with Crippen LogP contribution < -0.4 is 5.32 Å². The molecular weight excluding hydrogens is 349 g/mol. The van der Waals surface area contributed by atoms with Crippen LogP contribution in [-0.4, -0.2) is 35.4 Å². The largest absolute Gasteiger partial charge is 0.329 e. The van der Waals surface area contributed by atoms with Crippen LogP contribution in [0, 0.1) is 5.82 Å². The minimum atomic E-state index is -0.425. The molecule has 4 nitrogen and oxygen atoms in total. The molecule has 3 rings (SSSR count). The molecule has 1 amide bonds. The molecule has 1 aromatic carbocycles. The topological polar surface area (TPSA) is 45.2 Å². The number of piperazine rings is 1. The van der Waals surface area contributed by atoms with Crippen molar-refractivity contribution in [1.29, 1.82) is 0 Å². The number of pyridine rings is 1. The number of hydrogen-bond acceptors (Lipinski definition) is 3. The fraction of sp³-hybridized carbons (Fsp3) is 0.250. The molecule has 1 aliphatic heterocycles. The average molecular weight is 364 g/mol. The molecule has 0 radical (unpaired) electrons. The second kappa shape index (κ2) is 6.54. The predicted molar refractivity (Wildman–Crippen MR) is 85.0 cm³/mol. The van der Waals surface area contributed by atoms with Gasteiger partial charge in [0.1, 0.15) is 5.82 Å². The minimum Gasteiger partial charge on any atom is -0.329 e. The summed E-state index contributed by atoms with van der Waals surface area (Å²) in [6.07, 6.45) is 3.47. The lowest BCUT2D eigenvalue weighted by Gasteiger charge is -2.36. The summed E-state index contributed by atoms with van der Waals surface area (Å²) in [6, 6.07) is 7.96. The maximum Gasteiger partial charge on any atom is 0.254 e. The Morgan fingerprint density at radius 2 is 2.27 bits per heavy atom. The Hall–Kier alpha value is -1.79. The van der Waals surface area contributed by atoms with Crippen LogP contribution >= 0.6 is 15.9 Å². The van der Waals surface area contributed by atoms with Crippen LogP contribution in [0.4, 0.5) is 4.39 Å². The number of benzene rings is 1. The first-order chi connectivity index (χ1) is 10.6. The van der Waals surface area contributed by atoms with E-state index in [9.17, 15) is 9.18 Å². The molecule has 1 saturated heterocycles. The normalized spacial score (nSPS) is 18.3. The Morgan fingerprint density at radius 3 is 3.00 bits per heavy atom. The lowest BCUT2D eigenvalue weighted by atomic mass is 10.0. The molecule has 22 heavy (non-hydrogen) atoms. The molecule has 1 aliphatic rings. The van der Waals surface area contributed by atoms with E-state index in [1.807, 2.05) is 12.1 Å². The van der Waals surface area contributed by atoms with Gasteiger partial charge < -0.3 is 10.2 Å². The standard InChI is InChI=1S/C16H15BrFN3O/c17-13-6-12(7-14(18)8-13)16(22)21-5-4-20-10-15(21)11-2-1-3-19-9-11/h1-3,6-9,15,20H,4-5,10H2. The van der Waals surface area contributed by atoms with E-state index in [-0.39, 0.29) is 11.9 Å². The summed E-state index contributed by atoms with van der Waals surface area (Å²) in [5.41, 5.74) is 1.32. The highest BCUT2D eigenvalue weighted by atomic mass is 79.9. The number of amides is 1. The predicted octanol–water partition coefficient (Wildman–Crippen LogP) is 2.77. The van der Waals surface area contributed by atoms with Crippen molar-refractivity contribution >= 4 is 21.8 Å². The van der Waals surface area contributed by atoms with Crippen LogP contribution in [0.15, 0.2) is 47.2 Å². The highest BCUT2D eigenvalue weighted by Crippen LogP contribution is 2.25. The molecule has 1 fully saturated rings. The molecule has 0 aliphatic carbocycles. The van der Waals surface area contributed by atoms with Crippen LogP contribution in [0.25, 0.3) is 0 Å². The van der Waals surface area contributed by atoms with Gasteiger partial charge >= 0.3 is 0 Å². The van der Waals surface area contributed by atoms with Crippen molar-refractivity contribution in [1.82, 2.24) is 15.2 Å². The summed E-state index contributed by atoms with van der Waals surface area (Å²) >= 11 is 3.23. The average Bonchev–Trinajstić information content (AvgIpc) is 2.54. The number of halogens is 2. The molecule has 0 saturated carbocycles. The van der Waals surface area contributed by atoms with Crippen molar-refractivity contribution in [3.8, 4) is 0 Å². The minimum absolute atomic E-state index is 0.100. The van der Waals surface area contributed by atoms with Crippen LogP contribution in [0.3, 0.4) is 0 Å². The van der Waals surface area contributed by atoms with Crippen molar-refractivity contribution in [3.63, 3.8) is 0 Å². The molecular formula is C16H15BrFN3O. The van der Waals surface area contributed by atoms with Crippen LogP contribution in [0.2, 0.25) is 0 Å². The Kier molecular flexibility index (Phi) is 4.49. The Balaban J connectivity index is 1.91. The maximum atomic E-state index is 13.6. The molecule has 0 bridgehead atoms. The summed E-state index contributed by atoms with van der Waals surface area (Å²) < 4.78 is 14.1. The van der Waals surface area contributed by atoms with E-state index < -0.39 is 5.82 Å². The van der Waals surface area contributed by atoms with E-state index in [1.165, 1.54) is 12.1 Å². The number of carbonyl (C=O) groups excluding carboxylic acids is 1. The van der Waals surface area contributed by atoms with Crippen molar-refractivity contribution in [3.05, 3.63) is 64.1 Å². The number of nitrogens with zero attached hydrogens (tertiary/aromatic N) is 2. The number of nitrogens with one attached hydrogen (secondary N) is 1. The zero-order chi connectivity index (χ0) is 15.5. The molecule has 1 N–H and O–H groups in total. The fourth-order valence-electron chi connectivity index (χ4n) is 2.66. The highest BCUT2D eigenvalue weighted by Gasteiger charge is 2.29. The first-order valence-corrected chi connectivity index (χ1v) is 7.82. The van der Waals surface area contributed by atoms with Crippen molar-refractivity contribution < 1.29 is 9.18 Å². The van der Waals surface area contributed by atoms with Gasteiger partial charge in [-0.25, -0.2) is 4.39 Å². The Bertz CT molecular complexity index is 660. The molecule has 6 heteroatoms. The molecule has 114 valence electrons. The third-order valence-corrected chi connectivity index (χ3v) is 4.14. The number of aromatic nitrogens is 1. The number of hydrogen-bond donors (Lipinski definition) is 1. The maximum absolute atomic E-state index is 13.6. The summed E-state index contributed by atoms with van der Waals surface area (Å²) in [7, 11) is 0. The van der Waals surface area contributed by atoms with Gasteiger partial charge in [-0.2, -0.15) is 0 Å². The monoisotopic (exact) mass is 363 g/mol. The van der Waals surface area contributed by atoms with Crippen molar-refractivity contribution in [2.45, 2.75) is 6.04 Å². The third-order valence-electron chi connectivity index (χ3n) is 3.68. The lowest BCUT2D eigenvalue weighted by molar-refractivity contribution is 0.0633. The van der Waals surface area contributed by atoms with E-state index in [0.29, 0.717) is 23.1 Å². The van der Waals surface area contributed by atoms with Gasteiger partial charge in [-0.05, 0) is 29.8 Å². The number of carbonyl (C=O) groups is 1. The smallest absolute Gasteiger partial charge is 0.254 e. The van der Waals surface area contributed by atoms with Gasteiger partial charge in [0.2, 0.25) is 0 Å². The summed E-state index contributed by atoms with van der Waals surface area (Å²) in [6.45, 7) is 1.96. The van der Waals surface area contributed by atoms with Crippen molar-refractivity contribution in [2.75, 3.05) is 19.6 Å². The summed E-state index contributed by atoms with van der Waals surface area (Å²) in [4.78, 5) is 18.7. The molecule has 1 unspecified atom stereocenters. The van der Waals surface area contributed by atoms with Crippen LogP contribution in [-0.2, 0) is 0 Å². The molecule has 2 aromatic rings. The zero-order valence-corrected chi connectivity index (χ0v) is 13.4. The van der Waals surface area contributed by atoms with Crippen molar-refractivity contribution in [2.24, 2.45) is 0 Å². The number of rotatable bonds is 2. The molecule has 1 atom stereocenters. The first-order valence-electron chi connectivity index (χ1n) is 7.03. The summed E-state index contributed by atoms with van der Waals surface area (Å²) in [5.74, 6) is -0.596. The lowest BCUT2D eigenvalue weighted by Crippen LogP contribution is -2.48. The second-order valence-electron chi connectivity index (χ2n) is 5.16. The van der Waals surface area contributed by atoms with Gasteiger partial charge in [-0.1, -0.05) is 22.0 Å².